The highest BCUT2D eigenvalue weighted by Gasteiger charge is 2.28. The zero-order valence-electron chi connectivity index (χ0n) is 13.5. The maximum Gasteiger partial charge on any atom is 0.257 e. The lowest BCUT2D eigenvalue weighted by Crippen LogP contribution is -2.35. The lowest BCUT2D eigenvalue weighted by molar-refractivity contribution is 0.0927. The van der Waals surface area contributed by atoms with Crippen molar-refractivity contribution in [3.63, 3.8) is 0 Å². The Bertz CT molecular complexity index is 789. The van der Waals surface area contributed by atoms with Gasteiger partial charge in [-0.3, -0.25) is 9.10 Å². The van der Waals surface area contributed by atoms with Gasteiger partial charge in [0.1, 0.15) is 5.65 Å². The number of H-pyrrole nitrogens is 1. The molecule has 1 aliphatic rings. The van der Waals surface area contributed by atoms with E-state index in [0.717, 1.165) is 32.0 Å². The summed E-state index contributed by atoms with van der Waals surface area (Å²) in [6.07, 6.45) is 5.46. The third-order valence-corrected chi connectivity index (χ3v) is 4.99. The van der Waals surface area contributed by atoms with E-state index >= 15 is 0 Å². The van der Waals surface area contributed by atoms with Gasteiger partial charge in [-0.15, -0.1) is 0 Å². The second-order valence-electron chi connectivity index (χ2n) is 5.93. The van der Waals surface area contributed by atoms with Crippen LogP contribution in [0.2, 0.25) is 0 Å². The van der Waals surface area contributed by atoms with Crippen LogP contribution in [0, 0.1) is 0 Å². The number of nitrogens with zero attached hydrogens (tertiary/aromatic N) is 3. The number of alkyl halides is 2. The smallest absolute Gasteiger partial charge is 0.257 e. The van der Waals surface area contributed by atoms with Crippen LogP contribution in [0.25, 0.3) is 11.0 Å². The lowest BCUT2D eigenvalue weighted by Gasteiger charge is -2.30. The first-order valence-corrected chi connectivity index (χ1v) is 8.89. The van der Waals surface area contributed by atoms with E-state index in [1.165, 1.54) is 6.20 Å². The molecule has 3 heterocycles. The summed E-state index contributed by atoms with van der Waals surface area (Å²) < 4.78 is 29.1. The second kappa shape index (κ2) is 6.68. The zero-order valence-corrected chi connectivity index (χ0v) is 14.3. The molecule has 1 aliphatic heterocycles. The number of pyridine rings is 1. The summed E-state index contributed by atoms with van der Waals surface area (Å²) in [4.78, 5) is 22.7. The Morgan fingerprint density at radius 3 is 2.79 bits per heavy atom. The van der Waals surface area contributed by atoms with Crippen LogP contribution in [-0.4, -0.2) is 52.5 Å². The molecule has 2 N–H and O–H groups in total. The zero-order chi connectivity index (χ0) is 17.3. The van der Waals surface area contributed by atoms with E-state index in [2.05, 4.69) is 30.8 Å². The number of hydrogen-bond acceptors (Lipinski definition) is 6. The van der Waals surface area contributed by atoms with E-state index in [1.54, 1.807) is 11.9 Å². The van der Waals surface area contributed by atoms with Gasteiger partial charge < -0.3 is 10.3 Å². The monoisotopic (exact) mass is 353 g/mol. The molecule has 0 saturated carbocycles. The van der Waals surface area contributed by atoms with Gasteiger partial charge in [-0.1, -0.05) is 11.9 Å². The number of aromatic nitrogens is 3. The molecule has 0 radical (unpaired) electrons. The quantitative estimate of drug-likeness (QED) is 0.635. The van der Waals surface area contributed by atoms with Crippen molar-refractivity contribution in [1.29, 1.82) is 0 Å². The summed E-state index contributed by atoms with van der Waals surface area (Å²) in [5.74, 6) is -2.80. The van der Waals surface area contributed by atoms with Crippen LogP contribution in [0.1, 0.15) is 18.4 Å². The third kappa shape index (κ3) is 3.69. The average molecular weight is 353 g/mol. The Hall–Kier alpha value is -1.68. The van der Waals surface area contributed by atoms with Gasteiger partial charge in [0.05, 0.1) is 5.56 Å². The van der Waals surface area contributed by atoms with Gasteiger partial charge in [0.25, 0.3) is 5.56 Å². The second-order valence-corrected chi connectivity index (χ2v) is 6.81. The molecule has 0 spiro atoms. The number of halogens is 2. The largest absolute Gasteiger partial charge is 0.351 e. The van der Waals surface area contributed by atoms with Crippen LogP contribution in [0.4, 0.5) is 14.7 Å². The standard InChI is InChI=1S/C14H18BF2N5OS/c1-24-22-4-2-9(3-5-22)19-13-18-7-8-6-10(14(15,16)17)12(23)20-11(8)21-13/h6-7,9H,2-5,15H2,1H3,(H2,18,19,20,21,23). The Morgan fingerprint density at radius 1 is 1.46 bits per heavy atom. The van der Waals surface area contributed by atoms with Crippen molar-refractivity contribution < 1.29 is 8.78 Å². The third-order valence-electron chi connectivity index (χ3n) is 4.11. The van der Waals surface area contributed by atoms with Crippen LogP contribution in [0.15, 0.2) is 17.1 Å². The van der Waals surface area contributed by atoms with Crippen LogP contribution < -0.4 is 10.9 Å². The first-order valence-electron chi connectivity index (χ1n) is 7.71. The topological polar surface area (TPSA) is 73.9 Å². The molecule has 0 unspecified atom stereocenters. The van der Waals surface area contributed by atoms with E-state index in [-0.39, 0.29) is 11.7 Å². The van der Waals surface area contributed by atoms with Crippen molar-refractivity contribution in [2.24, 2.45) is 0 Å². The highest BCUT2D eigenvalue weighted by molar-refractivity contribution is 7.96. The first kappa shape index (κ1) is 17.2. The normalized spacial score (nSPS) is 17.3. The number of anilines is 1. The van der Waals surface area contributed by atoms with Gasteiger partial charge in [0.2, 0.25) is 11.8 Å². The van der Waals surface area contributed by atoms with Crippen molar-refractivity contribution >= 4 is 36.8 Å². The molecule has 1 saturated heterocycles. The van der Waals surface area contributed by atoms with Gasteiger partial charge in [0.15, 0.2) is 7.85 Å². The van der Waals surface area contributed by atoms with Gasteiger partial charge >= 0.3 is 0 Å². The molecule has 0 atom stereocenters. The lowest BCUT2D eigenvalue weighted by atomic mass is 9.91. The number of nitrogens with one attached hydrogen (secondary N) is 2. The molecule has 2 aromatic rings. The van der Waals surface area contributed by atoms with E-state index in [1.807, 2.05) is 0 Å². The molecule has 6 nitrogen and oxygen atoms in total. The molecular weight excluding hydrogens is 335 g/mol. The predicted molar refractivity (Wildman–Crippen MR) is 94.3 cm³/mol. The molecule has 3 rings (SSSR count). The van der Waals surface area contributed by atoms with Crippen molar-refractivity contribution in [1.82, 2.24) is 19.3 Å². The Balaban J connectivity index is 1.81. The number of piperidine rings is 1. The van der Waals surface area contributed by atoms with E-state index in [0.29, 0.717) is 19.2 Å². The van der Waals surface area contributed by atoms with Crippen LogP contribution in [0.3, 0.4) is 0 Å². The summed E-state index contributed by atoms with van der Waals surface area (Å²) >= 11 is 1.73. The SMILES string of the molecule is BC(F)(F)c1cc2cnc(NC3CCN(SC)CC3)nc2[nH]c1=O. The molecular formula is C14H18BF2N5OS. The average Bonchev–Trinajstić information content (AvgIpc) is 2.54. The van der Waals surface area contributed by atoms with Crippen molar-refractivity contribution in [3.8, 4) is 0 Å². The van der Waals surface area contributed by atoms with E-state index in [9.17, 15) is 13.6 Å². The van der Waals surface area contributed by atoms with Crippen molar-refractivity contribution in [2.75, 3.05) is 24.7 Å². The number of fused-ring (bicyclic) bond motifs is 1. The minimum Gasteiger partial charge on any atom is -0.351 e. The van der Waals surface area contributed by atoms with Gasteiger partial charge in [-0.05, 0) is 25.2 Å². The Labute approximate surface area is 143 Å². The van der Waals surface area contributed by atoms with Gasteiger partial charge in [-0.2, -0.15) is 4.98 Å². The van der Waals surface area contributed by atoms with Crippen molar-refractivity contribution in [3.05, 3.63) is 28.2 Å². The van der Waals surface area contributed by atoms with Crippen LogP contribution >= 0.6 is 11.9 Å². The fraction of sp³-hybridized carbons (Fsp3) is 0.500. The Kier molecular flexibility index (Phi) is 4.77. The number of rotatable bonds is 4. The summed E-state index contributed by atoms with van der Waals surface area (Å²) in [5.41, 5.74) is -1.15. The molecule has 0 aliphatic carbocycles. The van der Waals surface area contributed by atoms with Gasteiger partial charge in [-0.25, -0.2) is 13.8 Å². The minimum atomic E-state index is -3.20. The summed E-state index contributed by atoms with van der Waals surface area (Å²) in [7, 11) is 0.696. The first-order chi connectivity index (χ1) is 11.4. The summed E-state index contributed by atoms with van der Waals surface area (Å²) in [5, 5.41) is 3.64. The predicted octanol–water partition coefficient (Wildman–Crippen LogP) is 1.15. The van der Waals surface area contributed by atoms with Crippen molar-refractivity contribution in [2.45, 2.75) is 24.7 Å². The highest BCUT2D eigenvalue weighted by atomic mass is 32.2. The van der Waals surface area contributed by atoms with E-state index < -0.39 is 16.9 Å². The summed E-state index contributed by atoms with van der Waals surface area (Å²) in [6.45, 7) is 1.97. The Morgan fingerprint density at radius 2 is 2.17 bits per heavy atom. The minimum absolute atomic E-state index is 0.257. The molecule has 24 heavy (non-hydrogen) atoms. The highest BCUT2D eigenvalue weighted by Crippen LogP contribution is 2.23. The maximum absolute atomic E-state index is 13.4. The molecule has 0 amide bonds. The number of aromatic amines is 1. The molecule has 1 fully saturated rings. The van der Waals surface area contributed by atoms with Gasteiger partial charge in [0, 0.05) is 30.7 Å². The molecule has 128 valence electrons. The molecule has 0 aromatic carbocycles. The molecule has 0 bridgehead atoms. The van der Waals surface area contributed by atoms with Crippen LogP contribution in [-0.2, 0) is 5.82 Å². The fourth-order valence-corrected chi connectivity index (χ4v) is 3.33. The van der Waals surface area contributed by atoms with E-state index in [4.69, 9.17) is 0 Å². The maximum atomic E-state index is 13.4. The summed E-state index contributed by atoms with van der Waals surface area (Å²) in [6, 6.07) is 1.41. The fourth-order valence-electron chi connectivity index (χ4n) is 2.75. The molecule has 2 aromatic heterocycles. The molecule has 10 heteroatoms. The van der Waals surface area contributed by atoms with Crippen LogP contribution in [0.5, 0.6) is 0 Å². The number of hydrogen-bond donors (Lipinski definition) is 2.